The van der Waals surface area contributed by atoms with Crippen LogP contribution in [0, 0.1) is 0 Å². The molecule has 108 valence electrons. The number of benzene rings is 3. The summed E-state index contributed by atoms with van der Waals surface area (Å²) in [6, 6.07) is 21.0. The Morgan fingerprint density at radius 2 is 1.38 bits per heavy atom. The molecule has 0 saturated carbocycles. The van der Waals surface area contributed by atoms with Crippen molar-refractivity contribution < 1.29 is 9.90 Å². The Labute approximate surface area is 125 Å². The molecule has 0 amide bonds. The number of carboxylic acids is 1. The summed E-state index contributed by atoms with van der Waals surface area (Å²) < 4.78 is 0. The van der Waals surface area contributed by atoms with E-state index in [9.17, 15) is 9.90 Å². The summed E-state index contributed by atoms with van der Waals surface area (Å²) in [5, 5.41) is 11.4. The molecule has 0 bridgehead atoms. The highest BCUT2D eigenvalue weighted by molar-refractivity contribution is 6.07. The second-order valence-electron chi connectivity index (χ2n) is 4.38. The number of fused-ring (bicyclic) bond motifs is 1. The molecular weight excluding hydrogens is 260 g/mol. The summed E-state index contributed by atoms with van der Waals surface area (Å²) in [6.07, 6.45) is 0. The van der Waals surface area contributed by atoms with E-state index in [0.717, 1.165) is 21.9 Å². The van der Waals surface area contributed by atoms with Gasteiger partial charge in [0.2, 0.25) is 0 Å². The smallest absolute Gasteiger partial charge is 0.336 e. The van der Waals surface area contributed by atoms with Crippen LogP contribution < -0.4 is 0 Å². The maximum absolute atomic E-state index is 11.4. The van der Waals surface area contributed by atoms with E-state index in [2.05, 4.69) is 0 Å². The first-order valence-electron chi connectivity index (χ1n) is 6.08. The van der Waals surface area contributed by atoms with E-state index in [1.54, 1.807) is 6.07 Å². The van der Waals surface area contributed by atoms with Crippen molar-refractivity contribution in [3.05, 3.63) is 72.3 Å². The first-order chi connectivity index (χ1) is 9.27. The van der Waals surface area contributed by atoms with E-state index in [-0.39, 0.29) is 14.9 Å². The van der Waals surface area contributed by atoms with Crippen LogP contribution in [0.1, 0.15) is 25.2 Å². The van der Waals surface area contributed by atoms with Crippen LogP contribution in [-0.4, -0.2) is 11.1 Å². The Hall–Kier alpha value is -2.61. The Morgan fingerprint density at radius 1 is 0.762 bits per heavy atom. The average Bonchev–Trinajstić information content (AvgIpc) is 2.46. The Bertz CT molecular complexity index is 746. The first-order valence-corrected chi connectivity index (χ1v) is 6.08. The van der Waals surface area contributed by atoms with Crippen molar-refractivity contribution in [2.24, 2.45) is 0 Å². The van der Waals surface area contributed by atoms with Gasteiger partial charge in [0.05, 0.1) is 5.56 Å². The molecule has 1 N–H and O–H groups in total. The molecule has 0 aliphatic heterocycles. The second kappa shape index (κ2) is 6.71. The molecule has 0 spiro atoms. The fourth-order valence-corrected chi connectivity index (χ4v) is 2.37. The quantitative estimate of drug-likeness (QED) is 0.675. The van der Waals surface area contributed by atoms with Gasteiger partial charge in [0.25, 0.3) is 0 Å². The largest absolute Gasteiger partial charge is 0.478 e. The molecule has 3 rings (SSSR count). The van der Waals surface area contributed by atoms with Crippen molar-refractivity contribution in [2.45, 2.75) is 14.9 Å². The fraction of sp³-hybridized carbons (Fsp3) is 0.105. The van der Waals surface area contributed by atoms with Gasteiger partial charge in [-0.05, 0) is 22.4 Å². The van der Waals surface area contributed by atoms with Crippen molar-refractivity contribution in [1.29, 1.82) is 0 Å². The molecule has 0 fully saturated rings. The third-order valence-electron chi connectivity index (χ3n) is 3.22. The van der Waals surface area contributed by atoms with E-state index in [1.165, 1.54) is 0 Å². The lowest BCUT2D eigenvalue weighted by Crippen LogP contribution is -2.00. The van der Waals surface area contributed by atoms with Crippen LogP contribution in [0.5, 0.6) is 0 Å². The maximum Gasteiger partial charge on any atom is 0.336 e. The van der Waals surface area contributed by atoms with Crippen LogP contribution in [0.2, 0.25) is 0 Å². The lowest BCUT2D eigenvalue weighted by molar-refractivity contribution is 0.0698. The van der Waals surface area contributed by atoms with Crippen molar-refractivity contribution in [3.8, 4) is 11.1 Å². The number of carbonyl (C=O) groups is 1. The molecule has 21 heavy (non-hydrogen) atoms. The number of hydrogen-bond acceptors (Lipinski definition) is 1. The lowest BCUT2D eigenvalue weighted by atomic mass is 9.93. The van der Waals surface area contributed by atoms with Crippen molar-refractivity contribution in [1.82, 2.24) is 0 Å². The third kappa shape index (κ3) is 2.95. The summed E-state index contributed by atoms with van der Waals surface area (Å²) in [5.74, 6) is -0.899. The second-order valence-corrected chi connectivity index (χ2v) is 4.38. The minimum Gasteiger partial charge on any atom is -0.478 e. The van der Waals surface area contributed by atoms with Gasteiger partial charge in [0.15, 0.2) is 0 Å². The maximum atomic E-state index is 11.4. The minimum absolute atomic E-state index is 0. The van der Waals surface area contributed by atoms with Gasteiger partial charge in [-0.1, -0.05) is 75.5 Å². The third-order valence-corrected chi connectivity index (χ3v) is 3.22. The lowest BCUT2D eigenvalue weighted by Gasteiger charge is -2.10. The van der Waals surface area contributed by atoms with E-state index in [4.69, 9.17) is 0 Å². The molecule has 0 radical (unpaired) electrons. The van der Waals surface area contributed by atoms with E-state index >= 15 is 0 Å². The molecule has 2 heteroatoms. The zero-order valence-corrected chi connectivity index (χ0v) is 10.2. The van der Waals surface area contributed by atoms with Gasteiger partial charge in [-0.3, -0.25) is 0 Å². The van der Waals surface area contributed by atoms with Gasteiger partial charge in [0.1, 0.15) is 0 Å². The summed E-state index contributed by atoms with van der Waals surface area (Å²) in [7, 11) is 0. The minimum atomic E-state index is -0.899. The predicted molar refractivity (Wildman–Crippen MR) is 89.8 cm³/mol. The van der Waals surface area contributed by atoms with Crippen LogP contribution in [0.4, 0.5) is 0 Å². The highest BCUT2D eigenvalue weighted by Crippen LogP contribution is 2.32. The highest BCUT2D eigenvalue weighted by atomic mass is 16.4. The average molecular weight is 280 g/mol. The monoisotopic (exact) mass is 280 g/mol. The molecule has 2 nitrogen and oxygen atoms in total. The van der Waals surface area contributed by atoms with Crippen LogP contribution >= 0.6 is 0 Å². The standard InChI is InChI=1S/C17H12O2.2CH4/c18-17(19)15-11-10-12-6-4-5-9-14(12)16(15)13-7-2-1-3-8-13;;/h1-11H,(H,18,19);2*1H4. The van der Waals surface area contributed by atoms with E-state index in [1.807, 2.05) is 60.7 Å². The van der Waals surface area contributed by atoms with Gasteiger partial charge in [-0.25, -0.2) is 4.79 Å². The molecule has 0 atom stereocenters. The van der Waals surface area contributed by atoms with Crippen molar-refractivity contribution in [3.63, 3.8) is 0 Å². The summed E-state index contributed by atoms with van der Waals surface area (Å²) >= 11 is 0. The van der Waals surface area contributed by atoms with Gasteiger partial charge >= 0.3 is 5.97 Å². The normalized spacial score (nSPS) is 9.52. The van der Waals surface area contributed by atoms with Gasteiger partial charge in [-0.2, -0.15) is 0 Å². The Morgan fingerprint density at radius 3 is 2.05 bits per heavy atom. The van der Waals surface area contributed by atoms with Crippen molar-refractivity contribution in [2.75, 3.05) is 0 Å². The topological polar surface area (TPSA) is 37.3 Å². The predicted octanol–water partition coefficient (Wildman–Crippen LogP) is 5.48. The Kier molecular flexibility index (Phi) is 5.25. The number of carboxylic acid groups (broad SMARTS) is 1. The summed E-state index contributed by atoms with van der Waals surface area (Å²) in [6.45, 7) is 0. The molecule has 3 aromatic carbocycles. The molecule has 0 saturated heterocycles. The highest BCUT2D eigenvalue weighted by Gasteiger charge is 2.14. The Balaban J connectivity index is 0.00000110. The molecule has 0 aliphatic carbocycles. The van der Waals surface area contributed by atoms with Crippen LogP contribution in [0.3, 0.4) is 0 Å². The van der Waals surface area contributed by atoms with Gasteiger partial charge in [0, 0.05) is 5.56 Å². The van der Waals surface area contributed by atoms with Crippen molar-refractivity contribution >= 4 is 16.7 Å². The molecular formula is C19H20O2. The van der Waals surface area contributed by atoms with Crippen LogP contribution in [-0.2, 0) is 0 Å². The molecule has 3 aromatic rings. The first kappa shape index (κ1) is 16.4. The number of aromatic carboxylic acids is 1. The molecule has 0 aromatic heterocycles. The van der Waals surface area contributed by atoms with Gasteiger partial charge in [-0.15, -0.1) is 0 Å². The van der Waals surface area contributed by atoms with E-state index in [0.29, 0.717) is 5.56 Å². The number of hydrogen-bond donors (Lipinski definition) is 1. The molecule has 0 aliphatic rings. The summed E-state index contributed by atoms with van der Waals surface area (Å²) in [4.78, 5) is 11.4. The molecule has 0 unspecified atom stereocenters. The number of rotatable bonds is 2. The fourth-order valence-electron chi connectivity index (χ4n) is 2.37. The zero-order chi connectivity index (χ0) is 13.2. The molecule has 0 heterocycles. The summed E-state index contributed by atoms with van der Waals surface area (Å²) in [5.41, 5.74) is 2.05. The SMILES string of the molecule is C.C.O=C(O)c1ccc2ccccc2c1-c1ccccc1. The van der Waals surface area contributed by atoms with Crippen LogP contribution in [0.25, 0.3) is 21.9 Å². The van der Waals surface area contributed by atoms with Gasteiger partial charge < -0.3 is 5.11 Å². The zero-order valence-electron chi connectivity index (χ0n) is 10.2. The van der Waals surface area contributed by atoms with Crippen LogP contribution in [0.15, 0.2) is 66.7 Å². The van der Waals surface area contributed by atoms with E-state index < -0.39 is 5.97 Å².